The Kier molecular flexibility index (Phi) is 2.86. The first kappa shape index (κ1) is 10.6. The summed E-state index contributed by atoms with van der Waals surface area (Å²) in [6, 6.07) is 3.06. The second-order valence-electron chi connectivity index (χ2n) is 2.87. The molecule has 2 aromatic heterocycles. The van der Waals surface area contributed by atoms with Crippen LogP contribution in [0.1, 0.15) is 16.4 Å². The second kappa shape index (κ2) is 4.31. The molecule has 1 N–H and O–H groups in total. The Hall–Kier alpha value is -1.89. The Labute approximate surface area is 94.7 Å². The predicted molar refractivity (Wildman–Crippen MR) is 54.4 cm³/mol. The third-order valence-electron chi connectivity index (χ3n) is 1.67. The molecule has 0 saturated heterocycles. The molecule has 0 unspecified atom stereocenters. The van der Waals surface area contributed by atoms with Crippen LogP contribution in [0.3, 0.4) is 0 Å². The average Bonchev–Trinajstić information content (AvgIpc) is 2.65. The maximum atomic E-state index is 10.6. The van der Waals surface area contributed by atoms with Gasteiger partial charge in [-0.3, -0.25) is 0 Å². The van der Waals surface area contributed by atoms with Crippen molar-refractivity contribution < 1.29 is 14.3 Å². The first-order valence-electron chi connectivity index (χ1n) is 4.32. The number of nitrogens with zero attached hydrogens (tertiary/aromatic N) is 3. The molecule has 0 aromatic carbocycles. The summed E-state index contributed by atoms with van der Waals surface area (Å²) in [7, 11) is 0. The van der Waals surface area contributed by atoms with Crippen LogP contribution in [0, 0.1) is 6.92 Å². The van der Waals surface area contributed by atoms with Crippen LogP contribution in [0.2, 0.25) is 0 Å². The monoisotopic (exact) mass is 237 g/mol. The molecule has 2 heterocycles. The van der Waals surface area contributed by atoms with Gasteiger partial charge in [0.1, 0.15) is 5.69 Å². The molecule has 0 spiro atoms. The van der Waals surface area contributed by atoms with E-state index in [-0.39, 0.29) is 5.69 Å². The van der Waals surface area contributed by atoms with Gasteiger partial charge >= 0.3 is 5.97 Å². The van der Waals surface area contributed by atoms with Crippen molar-refractivity contribution in [1.29, 1.82) is 0 Å². The van der Waals surface area contributed by atoms with Crippen LogP contribution >= 0.6 is 11.8 Å². The lowest BCUT2D eigenvalue weighted by atomic mass is 10.4. The molecule has 0 fully saturated rings. The van der Waals surface area contributed by atoms with E-state index in [1.165, 1.54) is 24.0 Å². The quantitative estimate of drug-likeness (QED) is 0.867. The molecule has 0 atom stereocenters. The summed E-state index contributed by atoms with van der Waals surface area (Å²) in [5.41, 5.74) is 0.00561. The topological polar surface area (TPSA) is 89.1 Å². The van der Waals surface area contributed by atoms with Crippen molar-refractivity contribution in [2.75, 3.05) is 0 Å². The van der Waals surface area contributed by atoms with Gasteiger partial charge in [-0.15, -0.1) is 10.2 Å². The van der Waals surface area contributed by atoms with E-state index >= 15 is 0 Å². The van der Waals surface area contributed by atoms with Crippen molar-refractivity contribution in [1.82, 2.24) is 15.2 Å². The molecule has 0 aliphatic carbocycles. The lowest BCUT2D eigenvalue weighted by Crippen LogP contribution is -1.98. The van der Waals surface area contributed by atoms with Gasteiger partial charge in [0.15, 0.2) is 0 Å². The Morgan fingerprint density at radius 2 is 2.25 bits per heavy atom. The van der Waals surface area contributed by atoms with Crippen LogP contribution in [-0.2, 0) is 0 Å². The summed E-state index contributed by atoms with van der Waals surface area (Å²) in [6.07, 6.45) is 1.45. The number of carboxylic acid groups (broad SMARTS) is 1. The number of aryl methyl sites for hydroxylation is 1. The number of hydrogen-bond acceptors (Lipinski definition) is 6. The van der Waals surface area contributed by atoms with Crippen LogP contribution in [0.25, 0.3) is 0 Å². The second-order valence-corrected chi connectivity index (χ2v) is 3.90. The molecule has 0 saturated carbocycles. The van der Waals surface area contributed by atoms with Crippen molar-refractivity contribution in [2.45, 2.75) is 17.0 Å². The van der Waals surface area contributed by atoms with Crippen molar-refractivity contribution >= 4 is 17.7 Å². The van der Waals surface area contributed by atoms with Gasteiger partial charge in [-0.05, 0) is 23.9 Å². The van der Waals surface area contributed by atoms with Crippen LogP contribution in [0.5, 0.6) is 0 Å². The smallest absolute Gasteiger partial charge is 0.354 e. The Morgan fingerprint density at radius 3 is 2.75 bits per heavy atom. The number of rotatable bonds is 3. The average molecular weight is 237 g/mol. The number of pyridine rings is 1. The van der Waals surface area contributed by atoms with Gasteiger partial charge in [-0.25, -0.2) is 9.78 Å². The van der Waals surface area contributed by atoms with Crippen molar-refractivity contribution in [2.24, 2.45) is 0 Å². The fraction of sp³-hybridized carbons (Fsp3) is 0.111. The molecule has 0 aliphatic heterocycles. The van der Waals surface area contributed by atoms with Crippen LogP contribution < -0.4 is 0 Å². The zero-order valence-electron chi connectivity index (χ0n) is 8.25. The third-order valence-corrected chi connectivity index (χ3v) is 2.48. The molecule has 2 aromatic rings. The predicted octanol–water partition coefficient (Wildman–Crippen LogP) is 1.62. The summed E-state index contributed by atoms with van der Waals surface area (Å²) in [5, 5.41) is 16.5. The number of aromatic nitrogens is 3. The summed E-state index contributed by atoms with van der Waals surface area (Å²) in [4.78, 5) is 15.1. The van der Waals surface area contributed by atoms with E-state index in [0.717, 1.165) is 4.90 Å². The lowest BCUT2D eigenvalue weighted by Gasteiger charge is -1.96. The van der Waals surface area contributed by atoms with Crippen molar-refractivity contribution in [3.8, 4) is 0 Å². The van der Waals surface area contributed by atoms with Gasteiger partial charge < -0.3 is 9.52 Å². The van der Waals surface area contributed by atoms with E-state index in [4.69, 9.17) is 9.52 Å². The number of carbonyl (C=O) groups is 1. The third kappa shape index (κ3) is 2.37. The number of aromatic carboxylic acids is 1. The standard InChI is InChI=1S/C9H7N3O3S/c1-5-11-12-9(15-5)16-6-2-3-7(8(13)14)10-4-6/h2-4H,1H3,(H,13,14). The maximum Gasteiger partial charge on any atom is 0.354 e. The first-order valence-corrected chi connectivity index (χ1v) is 5.14. The first-order chi connectivity index (χ1) is 7.65. The van der Waals surface area contributed by atoms with E-state index in [0.29, 0.717) is 11.1 Å². The SMILES string of the molecule is Cc1nnc(Sc2ccc(C(=O)O)nc2)o1. The molecule has 0 radical (unpaired) electrons. The van der Waals surface area contributed by atoms with Crippen LogP contribution in [-0.4, -0.2) is 26.3 Å². The van der Waals surface area contributed by atoms with Gasteiger partial charge in [0, 0.05) is 18.0 Å². The molecule has 0 aliphatic rings. The highest BCUT2D eigenvalue weighted by atomic mass is 32.2. The van der Waals surface area contributed by atoms with E-state index in [2.05, 4.69) is 15.2 Å². The molecular weight excluding hydrogens is 230 g/mol. The normalized spacial score (nSPS) is 10.3. The minimum Gasteiger partial charge on any atom is -0.477 e. The summed E-state index contributed by atoms with van der Waals surface area (Å²) in [6.45, 7) is 1.70. The highest BCUT2D eigenvalue weighted by molar-refractivity contribution is 7.99. The number of hydrogen-bond donors (Lipinski definition) is 1. The van der Waals surface area contributed by atoms with E-state index < -0.39 is 5.97 Å². The van der Waals surface area contributed by atoms with Gasteiger partial charge in [-0.1, -0.05) is 0 Å². The molecule has 82 valence electrons. The van der Waals surface area contributed by atoms with Gasteiger partial charge in [0.25, 0.3) is 5.22 Å². The van der Waals surface area contributed by atoms with Gasteiger partial charge in [0.05, 0.1) is 0 Å². The molecule has 7 heteroatoms. The largest absolute Gasteiger partial charge is 0.477 e. The summed E-state index contributed by atoms with van der Waals surface area (Å²) >= 11 is 1.23. The minimum absolute atomic E-state index is 0.00561. The highest BCUT2D eigenvalue weighted by Gasteiger charge is 2.07. The molecule has 16 heavy (non-hydrogen) atoms. The van der Waals surface area contributed by atoms with Gasteiger partial charge in [0.2, 0.25) is 5.89 Å². The Bertz CT molecular complexity index is 509. The Morgan fingerprint density at radius 1 is 1.44 bits per heavy atom. The minimum atomic E-state index is -1.05. The van der Waals surface area contributed by atoms with Crippen LogP contribution in [0.15, 0.2) is 32.9 Å². The highest BCUT2D eigenvalue weighted by Crippen LogP contribution is 2.25. The van der Waals surface area contributed by atoms with Crippen LogP contribution in [0.4, 0.5) is 0 Å². The Balaban J connectivity index is 2.14. The molecule has 0 amide bonds. The van der Waals surface area contributed by atoms with Gasteiger partial charge in [-0.2, -0.15) is 0 Å². The summed E-state index contributed by atoms with van der Waals surface area (Å²) in [5.74, 6) is -0.567. The molecule has 2 rings (SSSR count). The van der Waals surface area contributed by atoms with Crippen molar-refractivity contribution in [3.05, 3.63) is 29.9 Å². The molecule has 6 nitrogen and oxygen atoms in total. The van der Waals surface area contributed by atoms with E-state index in [1.807, 2.05) is 0 Å². The van der Waals surface area contributed by atoms with E-state index in [9.17, 15) is 4.79 Å². The molecule has 0 bridgehead atoms. The fourth-order valence-electron chi connectivity index (χ4n) is 0.988. The number of carboxylic acids is 1. The zero-order valence-corrected chi connectivity index (χ0v) is 9.06. The summed E-state index contributed by atoms with van der Waals surface area (Å²) < 4.78 is 5.16. The lowest BCUT2D eigenvalue weighted by molar-refractivity contribution is 0.0690. The zero-order chi connectivity index (χ0) is 11.5. The van der Waals surface area contributed by atoms with E-state index in [1.54, 1.807) is 13.0 Å². The van der Waals surface area contributed by atoms with Crippen molar-refractivity contribution in [3.63, 3.8) is 0 Å². The fourth-order valence-corrected chi connectivity index (χ4v) is 1.67. The maximum absolute atomic E-state index is 10.6. The molecular formula is C9H7N3O3S.